The van der Waals surface area contributed by atoms with Crippen LogP contribution < -0.4 is 10.5 Å². The molecule has 0 amide bonds. The van der Waals surface area contributed by atoms with Crippen molar-refractivity contribution in [2.45, 2.75) is 12.5 Å². The zero-order valence-electron chi connectivity index (χ0n) is 18.3. The number of nitrogens with zero attached hydrogens (tertiary/aromatic N) is 2. The number of aromatic amines is 1. The van der Waals surface area contributed by atoms with E-state index in [2.05, 4.69) is 74.9 Å². The summed E-state index contributed by atoms with van der Waals surface area (Å²) in [4.78, 5) is 4.78. The maximum atomic E-state index is 6.46. The van der Waals surface area contributed by atoms with Crippen molar-refractivity contribution in [2.24, 2.45) is 5.73 Å². The quantitative estimate of drug-likeness (QED) is 0.272. The first-order valence-corrected chi connectivity index (χ1v) is 12.9. The fraction of sp³-hybridized carbons (Fsp3) is 0.111. The normalized spacial score (nSPS) is 12.4. The van der Waals surface area contributed by atoms with Gasteiger partial charge in [0.25, 0.3) is 0 Å². The van der Waals surface area contributed by atoms with E-state index in [0.717, 1.165) is 39.7 Å². The van der Waals surface area contributed by atoms with E-state index in [1.807, 2.05) is 12.3 Å². The van der Waals surface area contributed by atoms with Gasteiger partial charge in [-0.2, -0.15) is 16.4 Å². The van der Waals surface area contributed by atoms with Crippen LogP contribution >= 0.6 is 22.7 Å². The highest BCUT2D eigenvalue weighted by atomic mass is 32.1. The average Bonchev–Trinajstić information content (AvgIpc) is 3.63. The SMILES string of the molecule is N[C@H](COc1cnc(-c2ccsc2)c(-c2ccc3[nH]ncc3c2)c1)Cc1csc2ccccc12. The molecule has 3 N–H and O–H groups in total. The highest BCUT2D eigenvalue weighted by Crippen LogP contribution is 2.35. The standard InChI is InChI=1S/C27H22N4OS2/c28-21(10-20-16-34-26-4-2-1-3-23(20)26)14-32-22-11-24(27(29-13-22)18-7-8-33-15-18)17-5-6-25-19(9-17)12-30-31-25/h1-9,11-13,15-16,21H,10,14,28H2,(H,30,31)/t21-/m0/s1. The monoisotopic (exact) mass is 482 g/mol. The van der Waals surface area contributed by atoms with Gasteiger partial charge in [0.15, 0.2) is 0 Å². The molecular formula is C27H22N4OS2. The van der Waals surface area contributed by atoms with Gasteiger partial charge in [-0.25, -0.2) is 0 Å². The number of aromatic nitrogens is 3. The van der Waals surface area contributed by atoms with Crippen molar-refractivity contribution in [3.8, 4) is 28.1 Å². The van der Waals surface area contributed by atoms with Gasteiger partial charge in [0.2, 0.25) is 0 Å². The van der Waals surface area contributed by atoms with Crippen molar-refractivity contribution in [3.63, 3.8) is 0 Å². The van der Waals surface area contributed by atoms with Crippen LogP contribution in [0.4, 0.5) is 0 Å². The molecule has 4 heterocycles. The molecule has 0 saturated carbocycles. The van der Waals surface area contributed by atoms with E-state index in [0.29, 0.717) is 12.4 Å². The highest BCUT2D eigenvalue weighted by molar-refractivity contribution is 7.17. The lowest BCUT2D eigenvalue weighted by Crippen LogP contribution is -2.30. The van der Waals surface area contributed by atoms with Crippen LogP contribution in [0.3, 0.4) is 0 Å². The van der Waals surface area contributed by atoms with E-state index in [4.69, 9.17) is 15.5 Å². The van der Waals surface area contributed by atoms with E-state index in [1.165, 1.54) is 15.6 Å². The van der Waals surface area contributed by atoms with E-state index in [9.17, 15) is 0 Å². The second-order valence-corrected chi connectivity index (χ2v) is 9.97. The molecule has 4 aromatic heterocycles. The van der Waals surface area contributed by atoms with Gasteiger partial charge >= 0.3 is 0 Å². The summed E-state index contributed by atoms with van der Waals surface area (Å²) in [7, 11) is 0. The molecule has 7 heteroatoms. The Labute approximate surface area is 204 Å². The Kier molecular flexibility index (Phi) is 5.58. The predicted octanol–water partition coefficient (Wildman–Crippen LogP) is 6.52. The van der Waals surface area contributed by atoms with Crippen LogP contribution in [-0.2, 0) is 6.42 Å². The van der Waals surface area contributed by atoms with Crippen molar-refractivity contribution < 1.29 is 4.74 Å². The van der Waals surface area contributed by atoms with Gasteiger partial charge in [-0.3, -0.25) is 10.1 Å². The molecule has 0 aliphatic heterocycles. The molecule has 0 aliphatic carbocycles. The Morgan fingerprint density at radius 2 is 1.94 bits per heavy atom. The fourth-order valence-corrected chi connectivity index (χ4v) is 5.84. The molecule has 1 atom stereocenters. The lowest BCUT2D eigenvalue weighted by molar-refractivity contribution is 0.287. The number of rotatable bonds is 7. The topological polar surface area (TPSA) is 76.8 Å². The first-order valence-electron chi connectivity index (χ1n) is 11.0. The number of pyridine rings is 1. The van der Waals surface area contributed by atoms with Crippen molar-refractivity contribution in [1.82, 2.24) is 15.2 Å². The summed E-state index contributed by atoms with van der Waals surface area (Å²) in [6, 6.07) is 18.8. The lowest BCUT2D eigenvalue weighted by atomic mass is 9.99. The molecule has 0 spiro atoms. The van der Waals surface area contributed by atoms with Crippen LogP contribution in [0.2, 0.25) is 0 Å². The van der Waals surface area contributed by atoms with Crippen LogP contribution in [0.1, 0.15) is 5.56 Å². The minimum absolute atomic E-state index is 0.111. The number of H-pyrrole nitrogens is 1. The lowest BCUT2D eigenvalue weighted by Gasteiger charge is -2.15. The van der Waals surface area contributed by atoms with Crippen LogP contribution in [0.15, 0.2) is 83.1 Å². The molecule has 5 nitrogen and oxygen atoms in total. The summed E-state index contributed by atoms with van der Waals surface area (Å²) in [5.74, 6) is 0.715. The predicted molar refractivity (Wildman–Crippen MR) is 142 cm³/mol. The van der Waals surface area contributed by atoms with E-state index in [1.54, 1.807) is 28.9 Å². The van der Waals surface area contributed by atoms with E-state index in [-0.39, 0.29) is 6.04 Å². The molecule has 0 unspecified atom stereocenters. The Bertz CT molecular complexity index is 1570. The molecule has 2 aromatic carbocycles. The summed E-state index contributed by atoms with van der Waals surface area (Å²) < 4.78 is 7.43. The van der Waals surface area contributed by atoms with Gasteiger partial charge in [0.05, 0.1) is 23.6 Å². The minimum Gasteiger partial charge on any atom is -0.490 e. The largest absolute Gasteiger partial charge is 0.490 e. The molecule has 0 bridgehead atoms. The number of nitrogens with one attached hydrogen (secondary N) is 1. The third-order valence-corrected chi connectivity index (χ3v) is 7.61. The summed E-state index contributed by atoms with van der Waals surface area (Å²) in [5.41, 5.74) is 12.9. The summed E-state index contributed by atoms with van der Waals surface area (Å²) in [6.07, 6.45) is 4.40. The highest BCUT2D eigenvalue weighted by Gasteiger charge is 2.14. The number of hydrogen-bond acceptors (Lipinski definition) is 6. The number of benzene rings is 2. The van der Waals surface area contributed by atoms with Crippen molar-refractivity contribution in [2.75, 3.05) is 6.61 Å². The van der Waals surface area contributed by atoms with Gasteiger partial charge in [-0.15, -0.1) is 11.3 Å². The summed E-state index contributed by atoms with van der Waals surface area (Å²) in [5, 5.41) is 15.9. The van der Waals surface area contributed by atoms with E-state index >= 15 is 0 Å². The number of fused-ring (bicyclic) bond motifs is 2. The van der Waals surface area contributed by atoms with Gasteiger partial charge < -0.3 is 10.5 Å². The first-order chi connectivity index (χ1) is 16.7. The van der Waals surface area contributed by atoms with Gasteiger partial charge in [0.1, 0.15) is 12.4 Å². The molecule has 34 heavy (non-hydrogen) atoms. The van der Waals surface area contributed by atoms with Crippen LogP contribution in [0.25, 0.3) is 43.4 Å². The average molecular weight is 483 g/mol. The Morgan fingerprint density at radius 1 is 1.00 bits per heavy atom. The zero-order valence-corrected chi connectivity index (χ0v) is 19.9. The van der Waals surface area contributed by atoms with Crippen LogP contribution in [-0.4, -0.2) is 27.8 Å². The molecule has 6 rings (SSSR count). The maximum absolute atomic E-state index is 6.46. The second-order valence-electron chi connectivity index (χ2n) is 8.28. The summed E-state index contributed by atoms with van der Waals surface area (Å²) >= 11 is 3.42. The number of hydrogen-bond donors (Lipinski definition) is 2. The Hall–Kier alpha value is -3.52. The Balaban J connectivity index is 1.26. The maximum Gasteiger partial charge on any atom is 0.138 e. The Morgan fingerprint density at radius 3 is 2.85 bits per heavy atom. The van der Waals surface area contributed by atoms with Gasteiger partial charge in [-0.1, -0.05) is 24.3 Å². The van der Waals surface area contributed by atoms with Gasteiger partial charge in [-0.05, 0) is 64.0 Å². The molecule has 0 aliphatic rings. The first kappa shape index (κ1) is 21.0. The second kappa shape index (κ2) is 9.02. The molecule has 168 valence electrons. The smallest absolute Gasteiger partial charge is 0.138 e. The van der Waals surface area contributed by atoms with Crippen molar-refractivity contribution >= 4 is 43.7 Å². The fourth-order valence-electron chi connectivity index (χ4n) is 4.22. The minimum atomic E-state index is -0.111. The van der Waals surface area contributed by atoms with E-state index < -0.39 is 0 Å². The molecule has 0 fully saturated rings. The summed E-state index contributed by atoms with van der Waals surface area (Å²) in [6.45, 7) is 0.420. The van der Waals surface area contributed by atoms with Crippen molar-refractivity contribution in [1.29, 1.82) is 0 Å². The molecular weight excluding hydrogens is 460 g/mol. The number of ether oxygens (including phenoxy) is 1. The number of nitrogens with two attached hydrogens (primary N) is 1. The molecule has 0 radical (unpaired) electrons. The van der Waals surface area contributed by atoms with Crippen LogP contribution in [0, 0.1) is 0 Å². The third-order valence-electron chi connectivity index (χ3n) is 5.92. The van der Waals surface area contributed by atoms with Crippen LogP contribution in [0.5, 0.6) is 5.75 Å². The zero-order chi connectivity index (χ0) is 22.9. The number of thiophene rings is 2. The van der Waals surface area contributed by atoms with Crippen molar-refractivity contribution in [3.05, 3.63) is 88.7 Å². The molecule has 6 aromatic rings. The third kappa shape index (κ3) is 4.09. The molecule has 0 saturated heterocycles. The van der Waals surface area contributed by atoms with Gasteiger partial charge in [0, 0.05) is 32.6 Å².